The normalized spacial score (nSPS) is 23.0. The minimum atomic E-state index is -4.06. The number of alkyl carbamates (subject to hydrolysis) is 1. The summed E-state index contributed by atoms with van der Waals surface area (Å²) in [5.41, 5.74) is -0.437. The molecular formula is C41H50F3N5O5S. The Balaban J connectivity index is 1.01. The first-order valence-electron chi connectivity index (χ1n) is 19.2. The Morgan fingerprint density at radius 2 is 1.60 bits per heavy atom. The van der Waals surface area contributed by atoms with Crippen molar-refractivity contribution in [2.75, 3.05) is 71.4 Å². The number of methoxy groups -OCH3 is 1. The molecule has 7 rings (SSSR count). The van der Waals surface area contributed by atoms with Crippen LogP contribution >= 0.6 is 0 Å². The van der Waals surface area contributed by atoms with E-state index in [1.807, 2.05) is 4.90 Å². The average Bonchev–Trinajstić information content (AvgIpc) is 3.61. The van der Waals surface area contributed by atoms with E-state index in [4.69, 9.17) is 4.74 Å². The lowest BCUT2D eigenvalue weighted by Gasteiger charge is -2.54. The van der Waals surface area contributed by atoms with Gasteiger partial charge in [0.05, 0.1) is 35.6 Å². The highest BCUT2D eigenvalue weighted by Crippen LogP contribution is 2.51. The maximum atomic E-state index is 16.2. The number of nitrogens with one attached hydrogen (secondary N) is 2. The van der Waals surface area contributed by atoms with Gasteiger partial charge in [-0.1, -0.05) is 18.6 Å². The van der Waals surface area contributed by atoms with E-state index < -0.39 is 38.7 Å². The molecule has 3 saturated heterocycles. The second-order valence-corrected chi connectivity index (χ2v) is 17.7. The van der Waals surface area contributed by atoms with Crippen molar-refractivity contribution in [3.8, 4) is 0 Å². The first kappa shape index (κ1) is 39.1. The fourth-order valence-electron chi connectivity index (χ4n) is 9.62. The summed E-state index contributed by atoms with van der Waals surface area (Å²) in [5, 5.41) is 5.44. The molecule has 55 heavy (non-hydrogen) atoms. The highest BCUT2D eigenvalue weighted by Gasteiger charge is 2.54. The van der Waals surface area contributed by atoms with Gasteiger partial charge in [0.2, 0.25) is 9.84 Å². The van der Waals surface area contributed by atoms with E-state index in [9.17, 15) is 26.8 Å². The molecule has 4 fully saturated rings. The molecule has 0 spiro atoms. The van der Waals surface area contributed by atoms with Crippen LogP contribution in [0, 0.1) is 23.5 Å². The highest BCUT2D eigenvalue weighted by molar-refractivity contribution is 7.91. The van der Waals surface area contributed by atoms with Crippen molar-refractivity contribution in [3.05, 3.63) is 89.5 Å². The van der Waals surface area contributed by atoms with Crippen LogP contribution in [-0.4, -0.2) is 108 Å². The Labute approximate surface area is 321 Å². The third kappa shape index (κ3) is 7.82. The number of likely N-dealkylation sites (tertiary alicyclic amines) is 2. The number of amides is 2. The van der Waals surface area contributed by atoms with E-state index in [2.05, 4.69) is 26.5 Å². The molecule has 1 saturated carbocycles. The Kier molecular flexibility index (Phi) is 11.2. The molecule has 0 aromatic heterocycles. The third-order valence-corrected chi connectivity index (χ3v) is 14.2. The molecular weight excluding hydrogens is 732 g/mol. The molecule has 0 radical (unpaired) electrons. The van der Waals surface area contributed by atoms with Gasteiger partial charge in [-0.15, -0.1) is 0 Å². The number of rotatable bonds is 12. The number of nitrogens with zero attached hydrogens (tertiary/aromatic N) is 3. The van der Waals surface area contributed by atoms with Crippen molar-refractivity contribution in [2.24, 2.45) is 11.8 Å². The first-order valence-corrected chi connectivity index (χ1v) is 20.7. The van der Waals surface area contributed by atoms with Gasteiger partial charge in [-0.2, -0.15) is 0 Å². The maximum absolute atomic E-state index is 16.2. The summed E-state index contributed by atoms with van der Waals surface area (Å²) >= 11 is 0. The van der Waals surface area contributed by atoms with Gasteiger partial charge < -0.3 is 25.2 Å². The number of piperidine rings is 1. The van der Waals surface area contributed by atoms with Crippen molar-refractivity contribution < 1.29 is 35.9 Å². The minimum absolute atomic E-state index is 0.0355. The fourth-order valence-corrected chi connectivity index (χ4v) is 10.9. The zero-order valence-electron chi connectivity index (χ0n) is 31.4. The number of sulfone groups is 1. The van der Waals surface area contributed by atoms with E-state index in [1.54, 1.807) is 24.3 Å². The van der Waals surface area contributed by atoms with Crippen LogP contribution in [0.25, 0.3) is 0 Å². The minimum Gasteiger partial charge on any atom is -0.453 e. The number of benzene rings is 3. The molecule has 2 N–H and O–H groups in total. The molecule has 3 heterocycles. The predicted octanol–water partition coefficient (Wildman–Crippen LogP) is 5.57. The zero-order valence-corrected chi connectivity index (χ0v) is 32.2. The summed E-state index contributed by atoms with van der Waals surface area (Å²) in [6.45, 7) is 4.77. The number of halogens is 3. The van der Waals surface area contributed by atoms with Crippen molar-refractivity contribution in [3.63, 3.8) is 0 Å². The van der Waals surface area contributed by atoms with Crippen LogP contribution in [0.5, 0.6) is 0 Å². The van der Waals surface area contributed by atoms with Gasteiger partial charge in [-0.25, -0.2) is 26.4 Å². The molecule has 4 aliphatic rings. The standard InChI is InChI=1S/C41H50F3N5O5S/c1-45-38(50)34-15-14-33(23-36(34)43)55(52,53)32-12-10-31(11-13-32)49-25-40(44,26-49)24-48-20-16-28(17-21-48)41(27-47-18-5-19-47,29-6-3-7-30(42)22-29)35-8-4-9-37(35)46-39(51)54-2/h3,6-7,10-15,22-23,28,35,37H,4-5,8-9,16-21,24-27H2,1-2H3,(H,45,50)(H,46,51)/t35-,37-,41?/m0/s1. The number of ether oxygens (including phenoxy) is 1. The Hall–Kier alpha value is -4.14. The summed E-state index contributed by atoms with van der Waals surface area (Å²) in [6.07, 6.45) is 5.03. The lowest BCUT2D eigenvalue weighted by molar-refractivity contribution is 0.00584. The number of carbonyl (C=O) groups is 2. The molecule has 0 bridgehead atoms. The van der Waals surface area contributed by atoms with Crippen molar-refractivity contribution >= 4 is 27.5 Å². The van der Waals surface area contributed by atoms with Crippen LogP contribution in [0.1, 0.15) is 54.4 Å². The van der Waals surface area contributed by atoms with Gasteiger partial charge in [0.1, 0.15) is 11.6 Å². The molecule has 1 unspecified atom stereocenters. The maximum Gasteiger partial charge on any atom is 0.407 e. The molecule has 1 aliphatic carbocycles. The SMILES string of the molecule is CNC(=O)c1ccc(S(=O)(=O)c2ccc(N3CC(F)(CN4CCC(C(CN5CCC5)(c5cccc(F)c5)[C@H]5CCC[C@@H]5NC(=O)OC)CC4)C3)cc2)cc1F. The van der Waals surface area contributed by atoms with Gasteiger partial charge >= 0.3 is 6.09 Å². The van der Waals surface area contributed by atoms with E-state index >= 15 is 4.39 Å². The van der Waals surface area contributed by atoms with E-state index in [-0.39, 0.29) is 58.7 Å². The number of anilines is 1. The van der Waals surface area contributed by atoms with E-state index in [1.165, 1.54) is 38.4 Å². The van der Waals surface area contributed by atoms with Crippen LogP contribution in [0.3, 0.4) is 0 Å². The van der Waals surface area contributed by atoms with E-state index in [0.29, 0.717) is 18.8 Å². The monoisotopic (exact) mass is 781 g/mol. The molecule has 10 nitrogen and oxygen atoms in total. The molecule has 3 atom stereocenters. The first-order chi connectivity index (χ1) is 26.3. The van der Waals surface area contributed by atoms with Crippen LogP contribution in [0.2, 0.25) is 0 Å². The highest BCUT2D eigenvalue weighted by atomic mass is 32.2. The summed E-state index contributed by atoms with van der Waals surface area (Å²) in [7, 11) is -1.32. The van der Waals surface area contributed by atoms with Gasteiger partial charge in [-0.3, -0.25) is 9.69 Å². The lowest BCUT2D eigenvalue weighted by atomic mass is 9.57. The Morgan fingerprint density at radius 1 is 0.891 bits per heavy atom. The van der Waals surface area contributed by atoms with Gasteiger partial charge in [0.25, 0.3) is 5.91 Å². The molecule has 3 aromatic carbocycles. The van der Waals surface area contributed by atoms with Crippen LogP contribution < -0.4 is 15.5 Å². The largest absolute Gasteiger partial charge is 0.453 e. The second-order valence-electron chi connectivity index (χ2n) is 15.7. The lowest BCUT2D eigenvalue weighted by Crippen LogP contribution is -2.65. The van der Waals surface area contributed by atoms with Gasteiger partial charge in [0, 0.05) is 37.3 Å². The Morgan fingerprint density at radius 3 is 2.22 bits per heavy atom. The number of alkyl halides is 1. The summed E-state index contributed by atoms with van der Waals surface area (Å²) < 4.78 is 77.3. The van der Waals surface area contributed by atoms with Crippen LogP contribution in [-0.2, 0) is 20.0 Å². The Bertz CT molecular complexity index is 1980. The van der Waals surface area contributed by atoms with Crippen LogP contribution in [0.4, 0.5) is 23.7 Å². The smallest absolute Gasteiger partial charge is 0.407 e. The summed E-state index contributed by atoms with van der Waals surface area (Å²) in [6, 6.07) is 16.2. The van der Waals surface area contributed by atoms with Gasteiger partial charge in [-0.05, 0) is 130 Å². The molecule has 2 amide bonds. The van der Waals surface area contributed by atoms with Crippen molar-refractivity contribution in [1.29, 1.82) is 0 Å². The summed E-state index contributed by atoms with van der Waals surface area (Å²) in [4.78, 5) is 30.5. The summed E-state index contributed by atoms with van der Waals surface area (Å²) in [5.74, 6) is -1.57. The van der Waals surface area contributed by atoms with Crippen LogP contribution in [0.15, 0.2) is 76.5 Å². The number of hydrogen-bond acceptors (Lipinski definition) is 8. The fraction of sp³-hybridized carbons (Fsp3) is 0.512. The topological polar surface area (TPSA) is 111 Å². The number of hydrogen-bond donors (Lipinski definition) is 2. The quantitative estimate of drug-likeness (QED) is 0.246. The zero-order chi connectivity index (χ0) is 39.0. The third-order valence-electron chi connectivity index (χ3n) is 12.5. The average molecular weight is 782 g/mol. The predicted molar refractivity (Wildman–Crippen MR) is 203 cm³/mol. The molecule has 3 aliphatic heterocycles. The second kappa shape index (κ2) is 15.8. The number of carbonyl (C=O) groups excluding carboxylic acids is 2. The van der Waals surface area contributed by atoms with E-state index in [0.717, 1.165) is 75.9 Å². The molecule has 296 valence electrons. The van der Waals surface area contributed by atoms with Gasteiger partial charge in [0.15, 0.2) is 5.67 Å². The van der Waals surface area contributed by atoms with Crippen molar-refractivity contribution in [1.82, 2.24) is 20.4 Å². The molecule has 14 heteroatoms. The molecule has 3 aromatic rings. The van der Waals surface area contributed by atoms with Crippen molar-refractivity contribution in [2.45, 2.75) is 65.4 Å².